The molecule has 2 aromatic carbocycles. The Kier molecular flexibility index (Phi) is 6.77. The van der Waals surface area contributed by atoms with Crippen LogP contribution in [0.4, 0.5) is 5.69 Å². The van der Waals surface area contributed by atoms with Gasteiger partial charge in [-0.3, -0.25) is 9.59 Å². The molecule has 1 amide bonds. The summed E-state index contributed by atoms with van der Waals surface area (Å²) < 4.78 is 21.9. The molecule has 0 spiro atoms. The van der Waals surface area contributed by atoms with Crippen LogP contribution in [0.3, 0.4) is 0 Å². The third kappa shape index (κ3) is 4.57. The molecule has 0 bridgehead atoms. The smallest absolute Gasteiger partial charge is 0.217 e. The summed E-state index contributed by atoms with van der Waals surface area (Å²) in [5, 5.41) is 2.97. The van der Waals surface area contributed by atoms with Crippen LogP contribution in [-0.4, -0.2) is 52.2 Å². The maximum Gasteiger partial charge on any atom is 0.217 e. The number of ketones is 1. The highest BCUT2D eigenvalue weighted by molar-refractivity contribution is 6.13. The van der Waals surface area contributed by atoms with Gasteiger partial charge in [0.05, 0.1) is 27.6 Å². The molecule has 0 saturated carbocycles. The molecule has 0 unspecified atom stereocenters. The van der Waals surface area contributed by atoms with Gasteiger partial charge in [-0.25, -0.2) is 0 Å². The first kappa shape index (κ1) is 23.2. The molecule has 34 heavy (non-hydrogen) atoms. The number of carbonyl (C=O) groups is 2. The Balaban J connectivity index is 1.78. The Bertz CT molecular complexity index is 1160. The number of nitrogens with zero attached hydrogens (tertiary/aromatic N) is 1. The molecule has 1 saturated heterocycles. The number of amides is 1. The van der Waals surface area contributed by atoms with Crippen LogP contribution < -0.4 is 24.4 Å². The van der Waals surface area contributed by atoms with Crippen molar-refractivity contribution in [2.75, 3.05) is 39.3 Å². The maximum absolute atomic E-state index is 13.9. The summed E-state index contributed by atoms with van der Waals surface area (Å²) in [5.41, 5.74) is 2.51. The molecule has 1 aliphatic rings. The van der Waals surface area contributed by atoms with Gasteiger partial charge < -0.3 is 28.8 Å². The van der Waals surface area contributed by atoms with Crippen molar-refractivity contribution < 1.29 is 28.2 Å². The van der Waals surface area contributed by atoms with E-state index in [4.69, 9.17) is 18.6 Å². The second-order valence-electron chi connectivity index (χ2n) is 8.08. The molecule has 2 heterocycles. The van der Waals surface area contributed by atoms with E-state index in [1.54, 1.807) is 18.4 Å². The summed E-state index contributed by atoms with van der Waals surface area (Å²) in [5.74, 6) is 1.65. The van der Waals surface area contributed by atoms with Crippen molar-refractivity contribution >= 4 is 17.4 Å². The van der Waals surface area contributed by atoms with Crippen LogP contribution >= 0.6 is 0 Å². The molecule has 1 fully saturated rings. The zero-order valence-corrected chi connectivity index (χ0v) is 19.7. The van der Waals surface area contributed by atoms with E-state index >= 15 is 0 Å². The Labute approximate surface area is 198 Å². The standard InChI is InChI=1S/C26H28N2O6/c1-16(29)27-19-9-10-28(15-19)21-8-7-17(22-6-5-11-34-22)12-20(21)25(30)18-13-23(31-2)26(33-4)24(14-18)32-3/h5-8,11-14,19H,9-10,15H2,1-4H3,(H,27,29)/t19-/m0/s1. The lowest BCUT2D eigenvalue weighted by atomic mass is 9.97. The van der Waals surface area contributed by atoms with Crippen LogP contribution in [0.25, 0.3) is 11.3 Å². The van der Waals surface area contributed by atoms with Gasteiger partial charge in [-0.2, -0.15) is 0 Å². The maximum atomic E-state index is 13.9. The van der Waals surface area contributed by atoms with Crippen molar-refractivity contribution in [3.63, 3.8) is 0 Å². The highest BCUT2D eigenvalue weighted by Crippen LogP contribution is 2.40. The van der Waals surface area contributed by atoms with Gasteiger partial charge in [0.15, 0.2) is 17.3 Å². The van der Waals surface area contributed by atoms with Crippen LogP contribution in [-0.2, 0) is 4.79 Å². The van der Waals surface area contributed by atoms with Crippen molar-refractivity contribution in [2.24, 2.45) is 0 Å². The topological polar surface area (TPSA) is 90.2 Å². The molecule has 178 valence electrons. The third-order valence-corrected chi connectivity index (χ3v) is 5.91. The summed E-state index contributed by atoms with van der Waals surface area (Å²) >= 11 is 0. The van der Waals surface area contributed by atoms with Crippen molar-refractivity contribution in [3.8, 4) is 28.6 Å². The van der Waals surface area contributed by atoms with Gasteiger partial charge in [0, 0.05) is 48.4 Å². The first-order valence-corrected chi connectivity index (χ1v) is 11.0. The molecule has 8 nitrogen and oxygen atoms in total. The lowest BCUT2D eigenvalue weighted by molar-refractivity contribution is -0.119. The average molecular weight is 465 g/mol. The minimum atomic E-state index is -0.189. The lowest BCUT2D eigenvalue weighted by Gasteiger charge is -2.23. The summed E-state index contributed by atoms with van der Waals surface area (Å²) in [6.45, 7) is 2.86. The molecule has 0 radical (unpaired) electrons. The molecule has 0 aliphatic carbocycles. The number of hydrogen-bond donors (Lipinski definition) is 1. The SMILES string of the molecule is COc1cc(C(=O)c2cc(-c3ccco3)ccc2N2CC[C@H](NC(C)=O)C2)cc(OC)c1OC. The number of hydrogen-bond acceptors (Lipinski definition) is 7. The molecule has 8 heteroatoms. The highest BCUT2D eigenvalue weighted by atomic mass is 16.5. The summed E-state index contributed by atoms with van der Waals surface area (Å²) in [7, 11) is 4.55. The molecule has 1 aliphatic heterocycles. The fraction of sp³-hybridized carbons (Fsp3) is 0.308. The van der Waals surface area contributed by atoms with Crippen molar-refractivity contribution in [3.05, 3.63) is 59.9 Å². The predicted octanol–water partition coefficient (Wildman–Crippen LogP) is 3.92. The van der Waals surface area contributed by atoms with Gasteiger partial charge >= 0.3 is 0 Å². The molecular weight excluding hydrogens is 436 g/mol. The first-order valence-electron chi connectivity index (χ1n) is 11.0. The average Bonchev–Trinajstić information content (AvgIpc) is 3.54. The van der Waals surface area contributed by atoms with Crippen LogP contribution in [0.2, 0.25) is 0 Å². The van der Waals surface area contributed by atoms with E-state index in [0.29, 0.717) is 40.7 Å². The van der Waals surface area contributed by atoms with E-state index in [1.165, 1.54) is 28.3 Å². The minimum absolute atomic E-state index is 0.0337. The number of ether oxygens (including phenoxy) is 3. The van der Waals surface area contributed by atoms with Gasteiger partial charge in [0.1, 0.15) is 5.76 Å². The quantitative estimate of drug-likeness (QED) is 0.506. The molecule has 1 N–H and O–H groups in total. The molecule has 1 atom stereocenters. The fourth-order valence-electron chi connectivity index (χ4n) is 4.34. The van der Waals surface area contributed by atoms with Gasteiger partial charge in [0.2, 0.25) is 11.7 Å². The predicted molar refractivity (Wildman–Crippen MR) is 128 cm³/mol. The number of nitrogens with one attached hydrogen (secondary N) is 1. The van der Waals surface area contributed by atoms with E-state index in [1.807, 2.05) is 30.3 Å². The molecular formula is C26H28N2O6. The molecule has 3 aromatic rings. The largest absolute Gasteiger partial charge is 0.493 e. The molecule has 1 aromatic heterocycles. The van der Waals surface area contributed by atoms with E-state index in [0.717, 1.165) is 24.2 Å². The van der Waals surface area contributed by atoms with E-state index < -0.39 is 0 Å². The van der Waals surface area contributed by atoms with Crippen LogP contribution in [0, 0.1) is 0 Å². The first-order chi connectivity index (χ1) is 16.4. The van der Waals surface area contributed by atoms with Gasteiger partial charge in [0.25, 0.3) is 0 Å². The summed E-state index contributed by atoms with van der Waals surface area (Å²) in [4.78, 5) is 27.5. The van der Waals surface area contributed by atoms with Gasteiger partial charge in [-0.1, -0.05) is 0 Å². The van der Waals surface area contributed by atoms with Crippen LogP contribution in [0.1, 0.15) is 29.3 Å². The third-order valence-electron chi connectivity index (χ3n) is 5.91. The summed E-state index contributed by atoms with van der Waals surface area (Å²) in [6.07, 6.45) is 2.40. The van der Waals surface area contributed by atoms with E-state index in [-0.39, 0.29) is 17.7 Å². The van der Waals surface area contributed by atoms with Crippen LogP contribution in [0.15, 0.2) is 53.1 Å². The second-order valence-corrected chi connectivity index (χ2v) is 8.08. The van der Waals surface area contributed by atoms with Gasteiger partial charge in [-0.15, -0.1) is 0 Å². The fourth-order valence-corrected chi connectivity index (χ4v) is 4.34. The Hall–Kier alpha value is -3.94. The lowest BCUT2D eigenvalue weighted by Crippen LogP contribution is -2.35. The second kappa shape index (κ2) is 9.91. The van der Waals surface area contributed by atoms with Crippen molar-refractivity contribution in [2.45, 2.75) is 19.4 Å². The van der Waals surface area contributed by atoms with Gasteiger partial charge in [-0.05, 0) is 48.9 Å². The van der Waals surface area contributed by atoms with Crippen molar-refractivity contribution in [1.82, 2.24) is 5.32 Å². The number of carbonyl (C=O) groups excluding carboxylic acids is 2. The zero-order chi connectivity index (χ0) is 24.2. The Morgan fingerprint density at radius 1 is 1.03 bits per heavy atom. The zero-order valence-electron chi connectivity index (χ0n) is 19.7. The number of anilines is 1. The Morgan fingerprint density at radius 2 is 1.76 bits per heavy atom. The summed E-state index contributed by atoms with van der Waals surface area (Å²) in [6, 6.07) is 12.7. The van der Waals surface area contributed by atoms with Crippen LogP contribution in [0.5, 0.6) is 17.2 Å². The minimum Gasteiger partial charge on any atom is -0.493 e. The van der Waals surface area contributed by atoms with Crippen molar-refractivity contribution in [1.29, 1.82) is 0 Å². The number of methoxy groups -OCH3 is 3. The van der Waals surface area contributed by atoms with E-state index in [9.17, 15) is 9.59 Å². The van der Waals surface area contributed by atoms with E-state index in [2.05, 4.69) is 10.2 Å². The number of benzene rings is 2. The normalized spacial score (nSPS) is 15.2. The Morgan fingerprint density at radius 3 is 2.35 bits per heavy atom. The number of furan rings is 1. The molecule has 4 rings (SSSR count). The highest BCUT2D eigenvalue weighted by Gasteiger charge is 2.28. The monoisotopic (exact) mass is 464 g/mol. The number of rotatable bonds is 8.